The van der Waals surface area contributed by atoms with E-state index in [-0.39, 0.29) is 11.5 Å². The van der Waals surface area contributed by atoms with E-state index >= 15 is 0 Å². The average Bonchev–Trinajstić information content (AvgIpc) is 2.35. The lowest BCUT2D eigenvalue weighted by atomic mass is 9.62. The molecule has 0 N–H and O–H groups in total. The Kier molecular flexibility index (Phi) is 4.08. The first-order valence-electron chi connectivity index (χ1n) is 7.23. The summed E-state index contributed by atoms with van der Waals surface area (Å²) in [7, 11) is 1.72. The van der Waals surface area contributed by atoms with Crippen molar-refractivity contribution in [2.45, 2.75) is 44.6 Å². The monoisotopic (exact) mass is 289 g/mol. The Morgan fingerprint density at radius 3 is 2.62 bits per heavy atom. The Hall–Kier alpha value is -1.84. The molecule has 21 heavy (non-hydrogen) atoms. The van der Waals surface area contributed by atoms with Gasteiger partial charge in [0.15, 0.2) is 0 Å². The topological polar surface area (TPSA) is 46.6 Å². The van der Waals surface area contributed by atoms with Crippen molar-refractivity contribution in [2.75, 3.05) is 13.6 Å². The first kappa shape index (κ1) is 15.5. The molecule has 1 aromatic carbocycles. The molecule has 1 atom stereocenters. The normalized spacial score (nSPS) is 20.2. The predicted molar refractivity (Wildman–Crippen MR) is 81.4 cm³/mol. The summed E-state index contributed by atoms with van der Waals surface area (Å²) < 4.78 is 5.38. The van der Waals surface area contributed by atoms with Gasteiger partial charge in [0.25, 0.3) is 0 Å². The number of hydrogen-bond acceptors (Lipinski definition) is 3. The Labute approximate surface area is 126 Å². The zero-order valence-electron chi connectivity index (χ0n) is 13.2. The Balaban J connectivity index is 2.12. The summed E-state index contributed by atoms with van der Waals surface area (Å²) in [6, 6.07) is 8.10. The number of carbonyl (C=O) groups excluding carboxylic acids is 2. The molecule has 1 aliphatic rings. The maximum absolute atomic E-state index is 12.1. The fourth-order valence-corrected chi connectivity index (χ4v) is 2.95. The Bertz CT molecular complexity index is 547. The lowest BCUT2D eigenvalue weighted by molar-refractivity contribution is -0.109. The van der Waals surface area contributed by atoms with Crippen LogP contribution < -0.4 is 0 Å². The maximum Gasteiger partial charge on any atom is 0.410 e. The van der Waals surface area contributed by atoms with Gasteiger partial charge in [0, 0.05) is 25.4 Å². The van der Waals surface area contributed by atoms with Crippen LogP contribution in [0.2, 0.25) is 0 Å². The maximum atomic E-state index is 12.1. The SMILES string of the molecule is CN(CC1(CC=O)Cc2ccccc21)C(=O)OC(C)(C)C. The zero-order valence-corrected chi connectivity index (χ0v) is 13.2. The van der Waals surface area contributed by atoms with Gasteiger partial charge in [0.2, 0.25) is 0 Å². The molecule has 1 unspecified atom stereocenters. The number of aldehydes is 1. The second-order valence-corrected chi connectivity index (χ2v) is 6.82. The highest BCUT2D eigenvalue weighted by Crippen LogP contribution is 2.43. The second kappa shape index (κ2) is 5.51. The number of likely N-dealkylation sites (N-methyl/N-ethyl adjacent to an activating group) is 1. The van der Waals surface area contributed by atoms with Crippen molar-refractivity contribution in [2.24, 2.45) is 0 Å². The number of carbonyl (C=O) groups is 2. The van der Waals surface area contributed by atoms with E-state index in [1.807, 2.05) is 39.0 Å². The molecule has 0 aromatic heterocycles. The fourth-order valence-electron chi connectivity index (χ4n) is 2.95. The van der Waals surface area contributed by atoms with Gasteiger partial charge in [-0.2, -0.15) is 0 Å². The number of hydrogen-bond donors (Lipinski definition) is 0. The molecule has 0 fully saturated rings. The Morgan fingerprint density at radius 2 is 2.05 bits per heavy atom. The first-order chi connectivity index (χ1) is 9.77. The molecule has 4 heteroatoms. The van der Waals surface area contributed by atoms with E-state index in [2.05, 4.69) is 6.07 Å². The van der Waals surface area contributed by atoms with Gasteiger partial charge in [-0.3, -0.25) is 0 Å². The second-order valence-electron chi connectivity index (χ2n) is 6.82. The standard InChI is InChI=1S/C17H23NO3/c1-16(2,3)21-15(20)18(4)12-17(9-10-19)11-13-7-5-6-8-14(13)17/h5-8,10H,9,11-12H2,1-4H3. The van der Waals surface area contributed by atoms with Gasteiger partial charge >= 0.3 is 6.09 Å². The van der Waals surface area contributed by atoms with Crippen LogP contribution in [0.5, 0.6) is 0 Å². The van der Waals surface area contributed by atoms with E-state index in [0.29, 0.717) is 13.0 Å². The van der Waals surface area contributed by atoms with Crippen LogP contribution >= 0.6 is 0 Å². The smallest absolute Gasteiger partial charge is 0.410 e. The molecular weight excluding hydrogens is 266 g/mol. The third-order valence-corrected chi connectivity index (χ3v) is 3.84. The van der Waals surface area contributed by atoms with E-state index < -0.39 is 5.60 Å². The molecule has 0 bridgehead atoms. The molecule has 1 amide bonds. The van der Waals surface area contributed by atoms with Crippen LogP contribution in [0, 0.1) is 0 Å². The quantitative estimate of drug-likeness (QED) is 0.801. The van der Waals surface area contributed by atoms with E-state index in [0.717, 1.165) is 12.7 Å². The number of rotatable bonds is 4. The largest absolute Gasteiger partial charge is 0.444 e. The van der Waals surface area contributed by atoms with Crippen molar-refractivity contribution >= 4 is 12.4 Å². The predicted octanol–water partition coefficient (Wildman–Crippen LogP) is 2.94. The van der Waals surface area contributed by atoms with E-state index in [4.69, 9.17) is 4.74 Å². The highest BCUT2D eigenvalue weighted by Gasteiger charge is 2.43. The van der Waals surface area contributed by atoms with Crippen molar-refractivity contribution in [1.29, 1.82) is 0 Å². The molecule has 0 spiro atoms. The van der Waals surface area contributed by atoms with Crippen LogP contribution in [0.3, 0.4) is 0 Å². The first-order valence-corrected chi connectivity index (χ1v) is 7.23. The zero-order chi connectivity index (χ0) is 15.7. The summed E-state index contributed by atoms with van der Waals surface area (Å²) in [6.45, 7) is 6.04. The van der Waals surface area contributed by atoms with Crippen LogP contribution in [0.25, 0.3) is 0 Å². The van der Waals surface area contributed by atoms with Gasteiger partial charge in [0.1, 0.15) is 11.9 Å². The minimum Gasteiger partial charge on any atom is -0.444 e. The number of fused-ring (bicyclic) bond motifs is 1. The number of nitrogens with zero attached hydrogens (tertiary/aromatic N) is 1. The minimum absolute atomic E-state index is 0.260. The summed E-state index contributed by atoms with van der Waals surface area (Å²) in [5.41, 5.74) is 1.66. The summed E-state index contributed by atoms with van der Waals surface area (Å²) in [5, 5.41) is 0. The van der Waals surface area contributed by atoms with Crippen LogP contribution in [0.4, 0.5) is 4.79 Å². The molecular formula is C17H23NO3. The highest BCUT2D eigenvalue weighted by atomic mass is 16.6. The van der Waals surface area contributed by atoms with Gasteiger partial charge in [0.05, 0.1) is 0 Å². The summed E-state index contributed by atoms with van der Waals surface area (Å²) in [5.74, 6) is 0. The highest BCUT2D eigenvalue weighted by molar-refractivity contribution is 5.69. The van der Waals surface area contributed by atoms with Crippen molar-refractivity contribution in [3.05, 3.63) is 35.4 Å². The molecule has 0 radical (unpaired) electrons. The molecule has 4 nitrogen and oxygen atoms in total. The average molecular weight is 289 g/mol. The van der Waals surface area contributed by atoms with Crippen LogP contribution in [0.1, 0.15) is 38.3 Å². The van der Waals surface area contributed by atoms with Crippen LogP contribution in [-0.4, -0.2) is 36.5 Å². The fraction of sp³-hybridized carbons (Fsp3) is 0.529. The van der Waals surface area contributed by atoms with E-state index in [1.165, 1.54) is 11.1 Å². The van der Waals surface area contributed by atoms with Crippen molar-refractivity contribution in [3.8, 4) is 0 Å². The molecule has 1 aromatic rings. The third kappa shape index (κ3) is 3.26. The van der Waals surface area contributed by atoms with Crippen LogP contribution in [-0.2, 0) is 21.4 Å². The lowest BCUT2D eigenvalue weighted by Crippen LogP contribution is -2.50. The molecule has 1 aliphatic carbocycles. The van der Waals surface area contributed by atoms with Crippen molar-refractivity contribution in [1.82, 2.24) is 4.90 Å². The molecule has 0 heterocycles. The Morgan fingerprint density at radius 1 is 1.38 bits per heavy atom. The van der Waals surface area contributed by atoms with Crippen molar-refractivity contribution in [3.63, 3.8) is 0 Å². The summed E-state index contributed by atoms with van der Waals surface area (Å²) >= 11 is 0. The van der Waals surface area contributed by atoms with Gasteiger partial charge in [-0.15, -0.1) is 0 Å². The summed E-state index contributed by atoms with van der Waals surface area (Å²) in [4.78, 5) is 24.8. The number of amides is 1. The van der Waals surface area contributed by atoms with Gasteiger partial charge < -0.3 is 14.4 Å². The van der Waals surface area contributed by atoms with Gasteiger partial charge in [-0.05, 0) is 38.3 Å². The van der Waals surface area contributed by atoms with Crippen LogP contribution in [0.15, 0.2) is 24.3 Å². The molecule has 0 saturated carbocycles. The minimum atomic E-state index is -0.513. The summed E-state index contributed by atoms with van der Waals surface area (Å²) in [6.07, 6.45) is 1.85. The van der Waals surface area contributed by atoms with Gasteiger partial charge in [-0.1, -0.05) is 24.3 Å². The molecule has 0 saturated heterocycles. The van der Waals surface area contributed by atoms with Crippen molar-refractivity contribution < 1.29 is 14.3 Å². The number of ether oxygens (including phenoxy) is 1. The lowest BCUT2D eigenvalue weighted by Gasteiger charge is -2.45. The molecule has 114 valence electrons. The number of benzene rings is 1. The molecule has 0 aliphatic heterocycles. The van der Waals surface area contributed by atoms with E-state index in [1.54, 1.807) is 11.9 Å². The van der Waals surface area contributed by atoms with Gasteiger partial charge in [-0.25, -0.2) is 4.79 Å². The third-order valence-electron chi connectivity index (χ3n) is 3.84. The molecule has 2 rings (SSSR count). The van der Waals surface area contributed by atoms with E-state index in [9.17, 15) is 9.59 Å².